The molecule has 0 aromatic heterocycles. The lowest BCUT2D eigenvalue weighted by Gasteiger charge is -2.08. The van der Waals surface area contributed by atoms with Crippen molar-refractivity contribution in [1.82, 2.24) is 0 Å². The first-order valence-electron chi connectivity index (χ1n) is 5.81. The highest BCUT2D eigenvalue weighted by Gasteiger charge is 2.10. The van der Waals surface area contributed by atoms with Gasteiger partial charge in [0.1, 0.15) is 6.10 Å². The fourth-order valence-corrected chi connectivity index (χ4v) is 2.09. The van der Waals surface area contributed by atoms with Gasteiger partial charge in [0.15, 0.2) is 5.78 Å². The van der Waals surface area contributed by atoms with Gasteiger partial charge in [0.25, 0.3) is 0 Å². The Morgan fingerprint density at radius 3 is 1.95 bits per heavy atom. The Labute approximate surface area is 125 Å². The summed E-state index contributed by atoms with van der Waals surface area (Å²) < 4.78 is 1.08. The first kappa shape index (κ1) is 14.2. The number of ketones is 1. The molecule has 0 radical (unpaired) electrons. The van der Waals surface area contributed by atoms with Crippen molar-refractivity contribution in [2.24, 2.45) is 0 Å². The molecule has 0 aliphatic heterocycles. The van der Waals surface area contributed by atoms with Crippen LogP contribution in [0.1, 0.15) is 27.6 Å². The second-order valence-corrected chi connectivity index (χ2v) is 5.40. The third kappa shape index (κ3) is 3.40. The second kappa shape index (κ2) is 6.27. The summed E-state index contributed by atoms with van der Waals surface area (Å²) in [7, 11) is 0. The van der Waals surface area contributed by atoms with E-state index in [-0.39, 0.29) is 12.4 Å². The predicted molar refractivity (Wildman–Crippen MR) is 81.1 cm³/mol. The van der Waals surface area contributed by atoms with Crippen molar-refractivity contribution in [3.8, 4) is 0 Å². The van der Waals surface area contributed by atoms with Gasteiger partial charge in [-0.1, -0.05) is 24.3 Å². The number of halogens is 1. The zero-order chi connectivity index (χ0) is 13.8. The Kier molecular flexibility index (Phi) is 4.68. The summed E-state index contributed by atoms with van der Waals surface area (Å²) in [6.45, 7) is -0.329. The molecule has 0 bridgehead atoms. The Balaban J connectivity index is 2.22. The molecule has 0 saturated heterocycles. The third-order valence-electron chi connectivity index (χ3n) is 2.84. The Hall–Kier alpha value is -1.24. The molecule has 4 heteroatoms. The molecule has 1 atom stereocenters. The molecule has 2 rings (SSSR count). The van der Waals surface area contributed by atoms with Crippen LogP contribution < -0.4 is 0 Å². The van der Waals surface area contributed by atoms with Crippen molar-refractivity contribution < 1.29 is 15.0 Å². The minimum absolute atomic E-state index is 0.0542. The molecule has 2 aromatic rings. The van der Waals surface area contributed by atoms with Crippen molar-refractivity contribution in [2.45, 2.75) is 6.10 Å². The molecular weight excluding hydrogens is 355 g/mol. The number of carbonyl (C=O) groups excluding carboxylic acids is 1. The Bertz CT molecular complexity index is 561. The fraction of sp³-hybridized carbons (Fsp3) is 0.133. The topological polar surface area (TPSA) is 57.5 Å². The summed E-state index contributed by atoms with van der Waals surface area (Å²) in [5.74, 6) is -0.0542. The van der Waals surface area contributed by atoms with Crippen LogP contribution in [0.25, 0.3) is 0 Å². The first-order chi connectivity index (χ1) is 9.11. The lowest BCUT2D eigenvalue weighted by Crippen LogP contribution is -2.04. The second-order valence-electron chi connectivity index (χ2n) is 4.16. The van der Waals surface area contributed by atoms with Crippen molar-refractivity contribution in [3.63, 3.8) is 0 Å². The van der Waals surface area contributed by atoms with Crippen molar-refractivity contribution >= 4 is 28.4 Å². The van der Waals surface area contributed by atoms with Gasteiger partial charge >= 0.3 is 0 Å². The van der Waals surface area contributed by atoms with E-state index in [0.717, 1.165) is 3.57 Å². The summed E-state index contributed by atoms with van der Waals surface area (Å²) >= 11 is 2.19. The van der Waals surface area contributed by atoms with Gasteiger partial charge in [-0.25, -0.2) is 0 Å². The minimum Gasteiger partial charge on any atom is -0.393 e. The smallest absolute Gasteiger partial charge is 0.193 e. The van der Waals surface area contributed by atoms with Crippen molar-refractivity contribution in [2.75, 3.05) is 6.61 Å². The lowest BCUT2D eigenvalue weighted by molar-refractivity contribution is 0.0955. The van der Waals surface area contributed by atoms with E-state index in [4.69, 9.17) is 5.11 Å². The van der Waals surface area contributed by atoms with Gasteiger partial charge in [0.05, 0.1) is 6.61 Å². The number of hydrogen-bond donors (Lipinski definition) is 2. The maximum atomic E-state index is 12.2. The standard InChI is InChI=1S/C15H13IO3/c16-13-7-5-12(6-8-13)15(19)11-3-1-10(2-4-11)14(18)9-17/h1-8,14,17-18H,9H2. The van der Waals surface area contributed by atoms with E-state index in [9.17, 15) is 9.90 Å². The molecule has 2 N–H and O–H groups in total. The summed E-state index contributed by atoms with van der Waals surface area (Å²) in [5.41, 5.74) is 1.80. The maximum absolute atomic E-state index is 12.2. The van der Waals surface area contributed by atoms with Gasteiger partial charge in [0.2, 0.25) is 0 Å². The molecule has 3 nitrogen and oxygen atoms in total. The summed E-state index contributed by atoms with van der Waals surface area (Å²) in [4.78, 5) is 12.2. The number of benzene rings is 2. The molecule has 0 heterocycles. The van der Waals surface area contributed by atoms with E-state index in [1.54, 1.807) is 36.4 Å². The molecule has 1 unspecified atom stereocenters. The SMILES string of the molecule is O=C(c1ccc(I)cc1)c1ccc(C(O)CO)cc1. The van der Waals surface area contributed by atoms with E-state index in [1.165, 1.54) is 0 Å². The highest BCUT2D eigenvalue weighted by atomic mass is 127. The average molecular weight is 368 g/mol. The highest BCUT2D eigenvalue weighted by Crippen LogP contribution is 2.16. The molecule has 2 aromatic carbocycles. The van der Waals surface area contributed by atoms with Crippen LogP contribution in [0.15, 0.2) is 48.5 Å². The van der Waals surface area contributed by atoms with E-state index in [2.05, 4.69) is 22.6 Å². The summed E-state index contributed by atoms with van der Waals surface area (Å²) in [5, 5.41) is 18.3. The predicted octanol–water partition coefficient (Wildman–Crippen LogP) is 2.55. The largest absolute Gasteiger partial charge is 0.393 e. The quantitative estimate of drug-likeness (QED) is 0.644. The van der Waals surface area contributed by atoms with Crippen LogP contribution in [0.2, 0.25) is 0 Å². The van der Waals surface area contributed by atoms with Crippen molar-refractivity contribution in [3.05, 3.63) is 68.8 Å². The third-order valence-corrected chi connectivity index (χ3v) is 3.56. The van der Waals surface area contributed by atoms with Crippen LogP contribution in [-0.2, 0) is 0 Å². The van der Waals surface area contributed by atoms with Crippen LogP contribution in [0.4, 0.5) is 0 Å². The molecule has 0 amide bonds. The molecule has 19 heavy (non-hydrogen) atoms. The van der Waals surface area contributed by atoms with Gasteiger partial charge in [0, 0.05) is 14.7 Å². The molecule has 0 aliphatic carbocycles. The molecule has 0 aliphatic rings. The molecule has 0 fully saturated rings. The van der Waals surface area contributed by atoms with Crippen LogP contribution in [-0.4, -0.2) is 22.6 Å². The molecule has 98 valence electrons. The van der Waals surface area contributed by atoms with E-state index >= 15 is 0 Å². The van der Waals surface area contributed by atoms with Gasteiger partial charge < -0.3 is 10.2 Å². The zero-order valence-electron chi connectivity index (χ0n) is 10.1. The van der Waals surface area contributed by atoms with Crippen LogP contribution in [0, 0.1) is 3.57 Å². The minimum atomic E-state index is -0.901. The van der Waals surface area contributed by atoms with Crippen LogP contribution in [0.5, 0.6) is 0 Å². The lowest BCUT2D eigenvalue weighted by atomic mass is 10.0. The van der Waals surface area contributed by atoms with Crippen LogP contribution in [0.3, 0.4) is 0 Å². The highest BCUT2D eigenvalue weighted by molar-refractivity contribution is 14.1. The van der Waals surface area contributed by atoms with Gasteiger partial charge in [-0.05, 0) is 52.4 Å². The van der Waals surface area contributed by atoms with Gasteiger partial charge in [-0.3, -0.25) is 4.79 Å². The first-order valence-corrected chi connectivity index (χ1v) is 6.89. The van der Waals surface area contributed by atoms with E-state index < -0.39 is 6.10 Å². The fourth-order valence-electron chi connectivity index (χ4n) is 1.73. The number of carbonyl (C=O) groups is 1. The number of aliphatic hydroxyl groups excluding tert-OH is 2. The monoisotopic (exact) mass is 368 g/mol. The Morgan fingerprint density at radius 2 is 1.47 bits per heavy atom. The van der Waals surface area contributed by atoms with Crippen LogP contribution >= 0.6 is 22.6 Å². The van der Waals surface area contributed by atoms with E-state index in [1.807, 2.05) is 12.1 Å². The molecular formula is C15H13IO3. The van der Waals surface area contributed by atoms with Crippen molar-refractivity contribution in [1.29, 1.82) is 0 Å². The number of aliphatic hydroxyl groups is 2. The molecule has 0 saturated carbocycles. The van der Waals surface area contributed by atoms with Gasteiger partial charge in [-0.15, -0.1) is 0 Å². The molecule has 0 spiro atoms. The maximum Gasteiger partial charge on any atom is 0.193 e. The average Bonchev–Trinajstić information content (AvgIpc) is 2.46. The number of rotatable bonds is 4. The Morgan fingerprint density at radius 1 is 1.00 bits per heavy atom. The zero-order valence-corrected chi connectivity index (χ0v) is 12.2. The normalized spacial score (nSPS) is 12.2. The summed E-state index contributed by atoms with van der Waals surface area (Å²) in [6.07, 6.45) is -0.901. The van der Waals surface area contributed by atoms with E-state index in [0.29, 0.717) is 16.7 Å². The van der Waals surface area contributed by atoms with Gasteiger partial charge in [-0.2, -0.15) is 0 Å². The number of hydrogen-bond acceptors (Lipinski definition) is 3. The summed E-state index contributed by atoms with van der Waals surface area (Å²) in [6, 6.07) is 14.0.